The number of rotatable bonds is 2. The number of hydrogen-bond donors (Lipinski definition) is 2. The number of aliphatic hydroxyl groups is 2. The topological polar surface area (TPSA) is 40.5 Å². The summed E-state index contributed by atoms with van der Waals surface area (Å²) in [5, 5.41) is 18.8. The van der Waals surface area contributed by atoms with E-state index in [-0.39, 0.29) is 0 Å². The van der Waals surface area contributed by atoms with Gasteiger partial charge >= 0.3 is 0 Å². The second kappa shape index (κ2) is 2.96. The minimum atomic E-state index is 0.300. The molecule has 14 heavy (non-hydrogen) atoms. The zero-order valence-corrected chi connectivity index (χ0v) is 8.65. The summed E-state index contributed by atoms with van der Waals surface area (Å²) in [6.45, 7) is 0.758. The van der Waals surface area contributed by atoms with Gasteiger partial charge in [0, 0.05) is 13.2 Å². The molecule has 4 bridgehead atoms. The predicted octanol–water partition coefficient (Wildman–Crippen LogP) is 1.41. The molecule has 0 aromatic carbocycles. The van der Waals surface area contributed by atoms with Gasteiger partial charge in [-0.15, -0.1) is 0 Å². The van der Waals surface area contributed by atoms with E-state index >= 15 is 0 Å². The third-order valence-corrected chi connectivity index (χ3v) is 5.41. The zero-order chi connectivity index (χ0) is 9.76. The molecular weight excluding hydrogens is 176 g/mol. The van der Waals surface area contributed by atoms with Gasteiger partial charge in [0.1, 0.15) is 0 Å². The van der Waals surface area contributed by atoms with Gasteiger partial charge in [-0.2, -0.15) is 0 Å². The molecule has 2 nitrogen and oxygen atoms in total. The van der Waals surface area contributed by atoms with Gasteiger partial charge in [0.2, 0.25) is 0 Å². The summed E-state index contributed by atoms with van der Waals surface area (Å²) in [7, 11) is 0. The van der Waals surface area contributed by atoms with E-state index in [1.54, 1.807) is 0 Å². The lowest BCUT2D eigenvalue weighted by atomic mass is 9.57. The average molecular weight is 196 g/mol. The Kier molecular flexibility index (Phi) is 1.94. The smallest absolute Gasteiger partial charge is 0.0492 e. The molecule has 5 unspecified atom stereocenters. The van der Waals surface area contributed by atoms with Gasteiger partial charge in [0.15, 0.2) is 0 Å². The first kappa shape index (κ1) is 9.17. The fourth-order valence-electron chi connectivity index (χ4n) is 4.63. The lowest BCUT2D eigenvalue weighted by Gasteiger charge is -2.48. The molecule has 80 valence electrons. The third kappa shape index (κ3) is 0.938. The lowest BCUT2D eigenvalue weighted by Crippen LogP contribution is -2.45. The molecule has 0 spiro atoms. The maximum atomic E-state index is 9.59. The molecule has 0 heterocycles. The Morgan fingerprint density at radius 1 is 1.14 bits per heavy atom. The van der Waals surface area contributed by atoms with Crippen LogP contribution >= 0.6 is 0 Å². The van der Waals surface area contributed by atoms with Crippen LogP contribution in [-0.4, -0.2) is 23.4 Å². The molecular formula is C12H20O2. The molecule has 4 aliphatic carbocycles. The van der Waals surface area contributed by atoms with E-state index in [0.717, 1.165) is 17.8 Å². The fraction of sp³-hybridized carbons (Fsp3) is 1.00. The normalized spacial score (nSPS) is 55.3. The SMILES string of the molecule is OCC1CCC2CC3CC2(CO)C3C1. The van der Waals surface area contributed by atoms with Gasteiger partial charge in [-0.3, -0.25) is 0 Å². The first-order valence-corrected chi connectivity index (χ1v) is 6.02. The van der Waals surface area contributed by atoms with Crippen LogP contribution in [0.3, 0.4) is 0 Å². The van der Waals surface area contributed by atoms with Crippen LogP contribution < -0.4 is 0 Å². The summed E-state index contributed by atoms with van der Waals surface area (Å²) in [5.74, 6) is 2.94. The Morgan fingerprint density at radius 3 is 2.71 bits per heavy atom. The fourth-order valence-corrected chi connectivity index (χ4v) is 4.63. The van der Waals surface area contributed by atoms with Gasteiger partial charge in [0.05, 0.1) is 0 Å². The van der Waals surface area contributed by atoms with Crippen molar-refractivity contribution in [1.82, 2.24) is 0 Å². The predicted molar refractivity (Wildman–Crippen MR) is 53.6 cm³/mol. The molecule has 0 aromatic rings. The Balaban J connectivity index is 1.84. The summed E-state index contributed by atoms with van der Waals surface area (Å²) >= 11 is 0. The van der Waals surface area contributed by atoms with Crippen LogP contribution in [0.2, 0.25) is 0 Å². The van der Waals surface area contributed by atoms with E-state index in [1.807, 2.05) is 0 Å². The second-order valence-corrected chi connectivity index (χ2v) is 5.76. The first-order valence-electron chi connectivity index (χ1n) is 6.02. The summed E-state index contributed by atoms with van der Waals surface area (Å²) < 4.78 is 0. The standard InChI is InChI=1S/C12H20O2/c13-6-8-1-2-10-4-9-5-12(10,7-14)11(9)3-8/h8-11,13-14H,1-7H2. The Labute approximate surface area is 85.3 Å². The monoisotopic (exact) mass is 196 g/mol. The Bertz CT molecular complexity index is 238. The van der Waals surface area contributed by atoms with E-state index in [0.29, 0.717) is 24.5 Å². The molecule has 0 saturated heterocycles. The molecule has 0 aromatic heterocycles. The van der Waals surface area contributed by atoms with Crippen LogP contribution in [0.15, 0.2) is 0 Å². The number of hydrogen-bond acceptors (Lipinski definition) is 2. The van der Waals surface area contributed by atoms with Crippen LogP contribution in [0.5, 0.6) is 0 Å². The molecule has 0 aliphatic heterocycles. The zero-order valence-electron chi connectivity index (χ0n) is 8.65. The molecule has 4 rings (SSSR count). The van der Waals surface area contributed by atoms with Crippen molar-refractivity contribution in [2.24, 2.45) is 29.1 Å². The van der Waals surface area contributed by atoms with Gasteiger partial charge < -0.3 is 10.2 Å². The van der Waals surface area contributed by atoms with Crippen molar-refractivity contribution < 1.29 is 10.2 Å². The Morgan fingerprint density at radius 2 is 2.00 bits per heavy atom. The average Bonchev–Trinajstić information content (AvgIpc) is 2.65. The first-order chi connectivity index (χ1) is 6.80. The Hall–Kier alpha value is -0.0800. The van der Waals surface area contributed by atoms with Gasteiger partial charge in [-0.05, 0) is 61.2 Å². The molecule has 2 N–H and O–H groups in total. The molecule has 4 aliphatic rings. The maximum absolute atomic E-state index is 9.59. The molecule has 4 saturated carbocycles. The largest absolute Gasteiger partial charge is 0.396 e. The van der Waals surface area contributed by atoms with E-state index in [2.05, 4.69) is 0 Å². The molecule has 5 atom stereocenters. The number of aliphatic hydroxyl groups excluding tert-OH is 2. The van der Waals surface area contributed by atoms with Gasteiger partial charge in [0.25, 0.3) is 0 Å². The molecule has 0 radical (unpaired) electrons. The maximum Gasteiger partial charge on any atom is 0.0492 e. The molecule has 2 heteroatoms. The highest BCUT2D eigenvalue weighted by Crippen LogP contribution is 2.70. The van der Waals surface area contributed by atoms with Crippen molar-refractivity contribution in [3.63, 3.8) is 0 Å². The van der Waals surface area contributed by atoms with Crippen LogP contribution in [-0.2, 0) is 0 Å². The van der Waals surface area contributed by atoms with E-state index < -0.39 is 0 Å². The van der Waals surface area contributed by atoms with Crippen LogP contribution in [0.25, 0.3) is 0 Å². The summed E-state index contributed by atoms with van der Waals surface area (Å²) in [6.07, 6.45) is 6.25. The highest BCUT2D eigenvalue weighted by atomic mass is 16.3. The van der Waals surface area contributed by atoms with E-state index in [9.17, 15) is 10.2 Å². The van der Waals surface area contributed by atoms with Crippen molar-refractivity contribution >= 4 is 0 Å². The minimum absolute atomic E-state index is 0.300. The van der Waals surface area contributed by atoms with Gasteiger partial charge in [-0.1, -0.05) is 0 Å². The molecule has 0 amide bonds. The van der Waals surface area contributed by atoms with Crippen molar-refractivity contribution in [1.29, 1.82) is 0 Å². The van der Waals surface area contributed by atoms with E-state index in [4.69, 9.17) is 0 Å². The van der Waals surface area contributed by atoms with Crippen molar-refractivity contribution in [2.75, 3.05) is 13.2 Å². The highest BCUT2D eigenvalue weighted by molar-refractivity contribution is 5.13. The van der Waals surface area contributed by atoms with Crippen molar-refractivity contribution in [3.05, 3.63) is 0 Å². The van der Waals surface area contributed by atoms with Crippen LogP contribution in [0, 0.1) is 29.1 Å². The third-order valence-electron chi connectivity index (χ3n) is 5.41. The summed E-state index contributed by atoms with van der Waals surface area (Å²) in [6, 6.07) is 0. The lowest BCUT2D eigenvalue weighted by molar-refractivity contribution is -0.0494. The highest BCUT2D eigenvalue weighted by Gasteiger charge is 2.64. The van der Waals surface area contributed by atoms with Crippen molar-refractivity contribution in [3.8, 4) is 0 Å². The molecule has 4 fully saturated rings. The van der Waals surface area contributed by atoms with E-state index in [1.165, 1.54) is 32.1 Å². The second-order valence-electron chi connectivity index (χ2n) is 5.76. The quantitative estimate of drug-likeness (QED) is 0.701. The summed E-state index contributed by atoms with van der Waals surface area (Å²) in [5.41, 5.74) is 0.300. The van der Waals surface area contributed by atoms with Crippen LogP contribution in [0.1, 0.15) is 32.1 Å². The van der Waals surface area contributed by atoms with Crippen molar-refractivity contribution in [2.45, 2.75) is 32.1 Å². The van der Waals surface area contributed by atoms with Crippen LogP contribution in [0.4, 0.5) is 0 Å². The summed E-state index contributed by atoms with van der Waals surface area (Å²) in [4.78, 5) is 0. The van der Waals surface area contributed by atoms with Gasteiger partial charge in [-0.25, -0.2) is 0 Å². The minimum Gasteiger partial charge on any atom is -0.396 e.